The molecule has 0 radical (unpaired) electrons. The molecule has 0 aliphatic carbocycles. The van der Waals surface area contributed by atoms with E-state index in [9.17, 15) is 9.18 Å². The van der Waals surface area contributed by atoms with Crippen LogP contribution in [0.15, 0.2) is 29.3 Å². The van der Waals surface area contributed by atoms with E-state index < -0.39 is 5.82 Å². The van der Waals surface area contributed by atoms with Crippen molar-refractivity contribution in [1.82, 2.24) is 9.78 Å². The molecule has 1 heterocycles. The van der Waals surface area contributed by atoms with Gasteiger partial charge in [-0.1, -0.05) is 17.4 Å². The first-order valence-corrected chi connectivity index (χ1v) is 5.73. The number of nitrogens with zero attached hydrogens (tertiary/aromatic N) is 4. The van der Waals surface area contributed by atoms with Gasteiger partial charge in [-0.3, -0.25) is 4.79 Å². The Hall–Kier alpha value is -2.33. The Morgan fingerprint density at radius 3 is 3.00 bits per heavy atom. The number of nitriles is 1. The zero-order valence-corrected chi connectivity index (χ0v) is 10.1. The standard InChI is InChI=1S/C11H7FN4OS/c1-7(17)10-15-16(11(18-10)14-6-13)9-4-2-3-8(12)5-9/h2-5H,1H3. The van der Waals surface area contributed by atoms with E-state index in [4.69, 9.17) is 5.26 Å². The third-order valence-corrected chi connectivity index (χ3v) is 3.07. The number of carbonyl (C=O) groups is 1. The van der Waals surface area contributed by atoms with Crippen molar-refractivity contribution in [3.63, 3.8) is 0 Å². The molecule has 2 aromatic rings. The number of Topliss-reactive ketones (excluding diaryl/α,β-unsaturated/α-hetero) is 1. The van der Waals surface area contributed by atoms with Gasteiger partial charge in [-0.2, -0.15) is 10.4 Å². The fraction of sp³-hybridized carbons (Fsp3) is 0.0909. The molecule has 0 spiro atoms. The first-order valence-electron chi connectivity index (χ1n) is 4.91. The van der Waals surface area contributed by atoms with Crippen molar-refractivity contribution in [2.45, 2.75) is 6.92 Å². The van der Waals surface area contributed by atoms with E-state index in [1.165, 1.54) is 29.8 Å². The van der Waals surface area contributed by atoms with E-state index >= 15 is 0 Å². The molecule has 2 rings (SSSR count). The van der Waals surface area contributed by atoms with E-state index in [-0.39, 0.29) is 15.6 Å². The molecule has 1 aromatic heterocycles. The maximum Gasteiger partial charge on any atom is 0.224 e. The highest BCUT2D eigenvalue weighted by atomic mass is 32.1. The Morgan fingerprint density at radius 2 is 2.39 bits per heavy atom. The van der Waals surface area contributed by atoms with Crippen molar-refractivity contribution in [3.8, 4) is 11.9 Å². The Bertz CT molecular complexity index is 710. The zero-order valence-electron chi connectivity index (χ0n) is 9.29. The zero-order chi connectivity index (χ0) is 13.1. The lowest BCUT2D eigenvalue weighted by atomic mass is 10.3. The van der Waals surface area contributed by atoms with Gasteiger partial charge in [0.15, 0.2) is 10.8 Å². The summed E-state index contributed by atoms with van der Waals surface area (Å²) in [7, 11) is 0. The molecule has 5 nitrogen and oxygen atoms in total. The molecule has 0 aliphatic heterocycles. The lowest BCUT2D eigenvalue weighted by molar-refractivity contribution is 0.101. The highest BCUT2D eigenvalue weighted by molar-refractivity contribution is 7.11. The summed E-state index contributed by atoms with van der Waals surface area (Å²) in [5.41, 5.74) is 0.410. The van der Waals surface area contributed by atoms with Crippen molar-refractivity contribution in [2.24, 2.45) is 4.99 Å². The monoisotopic (exact) mass is 262 g/mol. The van der Waals surface area contributed by atoms with E-state index in [1.807, 2.05) is 0 Å². The minimum absolute atomic E-state index is 0.216. The summed E-state index contributed by atoms with van der Waals surface area (Å²) in [6.07, 6.45) is 1.63. The number of aromatic nitrogens is 2. The van der Waals surface area contributed by atoms with Gasteiger partial charge >= 0.3 is 0 Å². The molecule has 0 atom stereocenters. The Kier molecular flexibility index (Phi) is 3.30. The number of hydrogen-bond acceptors (Lipinski definition) is 5. The highest BCUT2D eigenvalue weighted by Gasteiger charge is 2.10. The molecule has 0 bridgehead atoms. The van der Waals surface area contributed by atoms with Crippen LogP contribution in [0.4, 0.5) is 4.39 Å². The maximum absolute atomic E-state index is 13.1. The van der Waals surface area contributed by atoms with Crippen LogP contribution in [-0.2, 0) is 0 Å². The number of halogens is 1. The smallest absolute Gasteiger partial charge is 0.224 e. The van der Waals surface area contributed by atoms with Crippen LogP contribution in [-0.4, -0.2) is 15.6 Å². The first-order chi connectivity index (χ1) is 8.61. The van der Waals surface area contributed by atoms with Gasteiger partial charge in [0.25, 0.3) is 0 Å². The second kappa shape index (κ2) is 4.89. The largest absolute Gasteiger partial charge is 0.292 e. The van der Waals surface area contributed by atoms with Crippen LogP contribution in [0, 0.1) is 17.3 Å². The molecule has 0 amide bonds. The highest BCUT2D eigenvalue weighted by Crippen LogP contribution is 2.09. The molecular weight excluding hydrogens is 255 g/mol. The van der Waals surface area contributed by atoms with Crippen LogP contribution < -0.4 is 4.80 Å². The summed E-state index contributed by atoms with van der Waals surface area (Å²) in [6.45, 7) is 1.37. The number of rotatable bonds is 2. The summed E-state index contributed by atoms with van der Waals surface area (Å²) in [6, 6.07) is 5.67. The second-order valence-electron chi connectivity index (χ2n) is 3.35. The summed E-state index contributed by atoms with van der Waals surface area (Å²) in [5, 5.41) is 12.8. The molecule has 90 valence electrons. The van der Waals surface area contributed by atoms with Gasteiger partial charge in [0.1, 0.15) is 5.82 Å². The quantitative estimate of drug-likeness (QED) is 0.610. The molecule has 0 aliphatic rings. The summed E-state index contributed by atoms with van der Waals surface area (Å²) in [4.78, 5) is 15.0. The minimum Gasteiger partial charge on any atom is -0.292 e. The Labute approximate surface area is 105 Å². The van der Waals surface area contributed by atoms with Crippen molar-refractivity contribution in [3.05, 3.63) is 39.9 Å². The minimum atomic E-state index is -0.430. The first kappa shape index (κ1) is 12.1. The van der Waals surface area contributed by atoms with Crippen LogP contribution in [0.2, 0.25) is 0 Å². The Morgan fingerprint density at radius 1 is 1.61 bits per heavy atom. The van der Waals surface area contributed by atoms with E-state index in [1.54, 1.807) is 12.3 Å². The van der Waals surface area contributed by atoms with E-state index in [0.29, 0.717) is 5.69 Å². The fourth-order valence-electron chi connectivity index (χ4n) is 1.31. The normalized spacial score (nSPS) is 11.3. The maximum atomic E-state index is 13.1. The van der Waals surface area contributed by atoms with Gasteiger partial charge in [-0.25, -0.2) is 9.07 Å². The molecule has 0 fully saturated rings. The predicted molar refractivity (Wildman–Crippen MR) is 62.6 cm³/mol. The van der Waals surface area contributed by atoms with Gasteiger partial charge < -0.3 is 0 Å². The molecule has 1 aromatic carbocycles. The van der Waals surface area contributed by atoms with Crippen LogP contribution in [0.5, 0.6) is 0 Å². The lowest BCUT2D eigenvalue weighted by Gasteiger charge is -1.99. The van der Waals surface area contributed by atoms with Crippen LogP contribution in [0.3, 0.4) is 0 Å². The molecule has 0 saturated heterocycles. The molecule has 0 N–H and O–H groups in total. The molecule has 18 heavy (non-hydrogen) atoms. The van der Waals surface area contributed by atoms with Crippen molar-refractivity contribution in [2.75, 3.05) is 0 Å². The average Bonchev–Trinajstić information content (AvgIpc) is 2.74. The van der Waals surface area contributed by atoms with Gasteiger partial charge in [-0.05, 0) is 18.2 Å². The topological polar surface area (TPSA) is 71.0 Å². The van der Waals surface area contributed by atoms with Crippen molar-refractivity contribution in [1.29, 1.82) is 5.26 Å². The number of hydrogen-bond donors (Lipinski definition) is 0. The van der Waals surface area contributed by atoms with Crippen LogP contribution >= 0.6 is 11.3 Å². The third kappa shape index (κ3) is 2.33. The van der Waals surface area contributed by atoms with Crippen molar-refractivity contribution >= 4 is 17.1 Å². The second-order valence-corrected chi connectivity index (χ2v) is 4.31. The molecular formula is C11H7FN4OS. The average molecular weight is 262 g/mol. The number of ketones is 1. The molecule has 7 heteroatoms. The van der Waals surface area contributed by atoms with Crippen LogP contribution in [0.1, 0.15) is 16.7 Å². The molecule has 0 saturated carbocycles. The summed E-state index contributed by atoms with van der Waals surface area (Å²) >= 11 is 0.984. The van der Waals surface area contributed by atoms with E-state index in [0.717, 1.165) is 11.3 Å². The fourth-order valence-corrected chi connectivity index (χ4v) is 2.07. The number of benzene rings is 1. The SMILES string of the molecule is CC(=O)c1nn(-c2cccc(F)c2)c(=NC#N)s1. The van der Waals surface area contributed by atoms with Crippen LogP contribution in [0.25, 0.3) is 5.69 Å². The third-order valence-electron chi connectivity index (χ3n) is 2.06. The van der Waals surface area contributed by atoms with Crippen molar-refractivity contribution < 1.29 is 9.18 Å². The summed E-state index contributed by atoms with van der Waals surface area (Å²) < 4.78 is 14.4. The number of carbonyl (C=O) groups excluding carboxylic acids is 1. The van der Waals surface area contributed by atoms with Gasteiger partial charge in [0.2, 0.25) is 11.0 Å². The molecule has 0 unspecified atom stereocenters. The van der Waals surface area contributed by atoms with Gasteiger partial charge in [-0.15, -0.1) is 4.99 Å². The Balaban J connectivity index is 2.67. The predicted octanol–water partition coefficient (Wildman–Crippen LogP) is 1.66. The van der Waals surface area contributed by atoms with Gasteiger partial charge in [0.05, 0.1) is 5.69 Å². The van der Waals surface area contributed by atoms with Gasteiger partial charge in [0, 0.05) is 6.92 Å². The lowest BCUT2D eigenvalue weighted by Crippen LogP contribution is -2.14. The summed E-state index contributed by atoms with van der Waals surface area (Å²) in [5.74, 6) is -0.662. The van der Waals surface area contributed by atoms with E-state index in [2.05, 4.69) is 10.1 Å².